The van der Waals surface area contributed by atoms with Crippen molar-refractivity contribution >= 4 is 22.9 Å². The second-order valence-electron chi connectivity index (χ2n) is 5.88. The molecular weight excluding hydrogens is 328 g/mol. The van der Waals surface area contributed by atoms with Crippen LogP contribution in [0.3, 0.4) is 0 Å². The number of aromatic amines is 1. The maximum absolute atomic E-state index is 12.0. The highest BCUT2D eigenvalue weighted by Gasteiger charge is 2.06. The van der Waals surface area contributed by atoms with Crippen LogP contribution in [-0.2, 0) is 16.0 Å². The number of H-pyrrole nitrogens is 1. The number of nitrogens with one attached hydrogen (secondary N) is 1. The van der Waals surface area contributed by atoms with Gasteiger partial charge in [0, 0.05) is 12.8 Å². The van der Waals surface area contributed by atoms with Crippen molar-refractivity contribution in [2.24, 2.45) is 0 Å². The molecule has 0 saturated carbocycles. The lowest BCUT2D eigenvalue weighted by Crippen LogP contribution is -2.12. The topological polar surface area (TPSA) is 72.0 Å². The summed E-state index contributed by atoms with van der Waals surface area (Å²) in [5.41, 5.74) is 1.58. The van der Waals surface area contributed by atoms with Crippen molar-refractivity contribution in [3.63, 3.8) is 0 Å². The number of rotatable bonds is 7. The molecule has 3 aromatic rings. The Morgan fingerprint density at radius 1 is 1.08 bits per heavy atom. The number of ether oxygens (including phenoxy) is 1. The van der Waals surface area contributed by atoms with Gasteiger partial charge in [0.15, 0.2) is 0 Å². The van der Waals surface area contributed by atoms with E-state index in [1.807, 2.05) is 48.6 Å². The summed E-state index contributed by atoms with van der Waals surface area (Å²) in [6.07, 6.45) is 5.11. The average molecular weight is 348 g/mol. The molecule has 0 aliphatic rings. The minimum atomic E-state index is -0.258. The van der Waals surface area contributed by atoms with Gasteiger partial charge in [-0.05, 0) is 30.2 Å². The van der Waals surface area contributed by atoms with Crippen LogP contribution in [0.25, 0.3) is 17.0 Å². The summed E-state index contributed by atoms with van der Waals surface area (Å²) in [5, 5.41) is 0.570. The standard InChI is InChI=1S/C21H20N2O3/c24-20(26-15-7-10-16-8-2-1-3-9-16)14-6-13-19-22-18-12-5-4-11-17(18)21(25)23-19/h1-5,7-12H,6,13-15H2,(H,22,23,25). The molecule has 3 rings (SSSR count). The molecule has 0 unspecified atom stereocenters. The molecular formula is C21H20N2O3. The van der Waals surface area contributed by atoms with Gasteiger partial charge in [0.2, 0.25) is 0 Å². The lowest BCUT2D eigenvalue weighted by molar-refractivity contribution is -0.142. The average Bonchev–Trinajstić information content (AvgIpc) is 2.66. The Labute approximate surface area is 151 Å². The van der Waals surface area contributed by atoms with Crippen LogP contribution in [0.2, 0.25) is 0 Å². The van der Waals surface area contributed by atoms with Gasteiger partial charge in [-0.15, -0.1) is 0 Å². The molecule has 0 spiro atoms. The van der Waals surface area contributed by atoms with Gasteiger partial charge in [-0.2, -0.15) is 0 Å². The van der Waals surface area contributed by atoms with Gasteiger partial charge in [-0.1, -0.05) is 48.5 Å². The lowest BCUT2D eigenvalue weighted by atomic mass is 10.2. The van der Waals surface area contributed by atoms with Crippen LogP contribution >= 0.6 is 0 Å². The molecule has 1 heterocycles. The maximum atomic E-state index is 12.0. The molecule has 5 heteroatoms. The number of fused-ring (bicyclic) bond motifs is 1. The summed E-state index contributed by atoms with van der Waals surface area (Å²) in [4.78, 5) is 31.0. The van der Waals surface area contributed by atoms with Gasteiger partial charge in [-0.3, -0.25) is 9.59 Å². The van der Waals surface area contributed by atoms with Crippen LogP contribution in [-0.4, -0.2) is 22.5 Å². The smallest absolute Gasteiger partial charge is 0.306 e. The monoisotopic (exact) mass is 348 g/mol. The van der Waals surface area contributed by atoms with Crippen LogP contribution in [0.5, 0.6) is 0 Å². The Balaban J connectivity index is 1.44. The number of carbonyl (C=O) groups excluding carboxylic acids is 1. The first-order valence-corrected chi connectivity index (χ1v) is 8.57. The minimum absolute atomic E-state index is 0.153. The quantitative estimate of drug-likeness (QED) is 0.663. The summed E-state index contributed by atoms with van der Waals surface area (Å²) in [7, 11) is 0. The van der Waals surface area contributed by atoms with Crippen molar-refractivity contribution in [1.29, 1.82) is 0 Å². The largest absolute Gasteiger partial charge is 0.461 e. The molecule has 0 aliphatic carbocycles. The third-order valence-corrected chi connectivity index (χ3v) is 3.91. The number of benzene rings is 2. The molecule has 1 N–H and O–H groups in total. The summed E-state index contributed by atoms with van der Waals surface area (Å²) >= 11 is 0. The van der Waals surface area contributed by atoms with Gasteiger partial charge >= 0.3 is 5.97 Å². The number of para-hydroxylation sites is 1. The summed E-state index contributed by atoms with van der Waals surface area (Å²) < 4.78 is 5.18. The van der Waals surface area contributed by atoms with E-state index in [-0.39, 0.29) is 24.6 Å². The van der Waals surface area contributed by atoms with E-state index in [1.54, 1.807) is 18.2 Å². The van der Waals surface area contributed by atoms with Gasteiger partial charge in [0.1, 0.15) is 12.4 Å². The Morgan fingerprint density at radius 2 is 1.85 bits per heavy atom. The summed E-state index contributed by atoms with van der Waals surface area (Å²) in [5.74, 6) is 0.330. The third-order valence-electron chi connectivity index (χ3n) is 3.91. The third kappa shape index (κ3) is 4.89. The van der Waals surface area contributed by atoms with E-state index in [0.717, 1.165) is 5.56 Å². The molecule has 0 amide bonds. The fourth-order valence-electron chi connectivity index (χ4n) is 2.62. The number of nitrogens with zero attached hydrogens (tertiary/aromatic N) is 1. The molecule has 2 aromatic carbocycles. The predicted octanol–water partition coefficient (Wildman–Crippen LogP) is 3.50. The van der Waals surface area contributed by atoms with E-state index in [0.29, 0.717) is 29.6 Å². The first-order chi connectivity index (χ1) is 12.7. The zero-order valence-corrected chi connectivity index (χ0v) is 14.4. The van der Waals surface area contributed by atoms with Gasteiger partial charge in [0.25, 0.3) is 5.56 Å². The van der Waals surface area contributed by atoms with Gasteiger partial charge < -0.3 is 9.72 Å². The van der Waals surface area contributed by atoms with Crippen molar-refractivity contribution in [1.82, 2.24) is 9.97 Å². The van der Waals surface area contributed by atoms with E-state index in [1.165, 1.54) is 0 Å². The van der Waals surface area contributed by atoms with Crippen molar-refractivity contribution in [3.8, 4) is 0 Å². The molecule has 0 aliphatic heterocycles. The summed E-state index contributed by atoms with van der Waals surface area (Å²) in [6.45, 7) is 0.249. The van der Waals surface area contributed by atoms with Crippen LogP contribution in [0.15, 0.2) is 65.5 Å². The van der Waals surface area contributed by atoms with Crippen molar-refractivity contribution in [2.45, 2.75) is 19.3 Å². The Hall–Kier alpha value is -3.21. The fraction of sp³-hybridized carbons (Fsp3) is 0.190. The van der Waals surface area contributed by atoms with Crippen molar-refractivity contribution < 1.29 is 9.53 Å². The SMILES string of the molecule is O=C(CCCc1nc2ccccc2c(=O)[nH]1)OCC=Cc1ccccc1. The first kappa shape index (κ1) is 17.6. The Morgan fingerprint density at radius 3 is 2.69 bits per heavy atom. The first-order valence-electron chi connectivity index (χ1n) is 8.57. The number of aryl methyl sites for hydroxylation is 1. The maximum Gasteiger partial charge on any atom is 0.306 e. The molecule has 5 nitrogen and oxygen atoms in total. The van der Waals surface area contributed by atoms with Gasteiger partial charge in [-0.25, -0.2) is 4.98 Å². The zero-order valence-electron chi connectivity index (χ0n) is 14.4. The van der Waals surface area contributed by atoms with Crippen LogP contribution in [0, 0.1) is 0 Å². The minimum Gasteiger partial charge on any atom is -0.461 e. The van der Waals surface area contributed by atoms with Crippen LogP contribution in [0.1, 0.15) is 24.2 Å². The number of esters is 1. The second kappa shape index (κ2) is 8.76. The van der Waals surface area contributed by atoms with Gasteiger partial charge in [0.05, 0.1) is 10.9 Å². The molecule has 0 saturated heterocycles. The molecule has 0 fully saturated rings. The van der Waals surface area contributed by atoms with E-state index >= 15 is 0 Å². The normalized spacial score (nSPS) is 11.1. The predicted molar refractivity (Wildman–Crippen MR) is 102 cm³/mol. The second-order valence-corrected chi connectivity index (χ2v) is 5.88. The Kier molecular flexibility index (Phi) is 5.93. The molecule has 0 bridgehead atoms. The van der Waals surface area contributed by atoms with E-state index in [4.69, 9.17) is 4.74 Å². The molecule has 132 valence electrons. The molecule has 26 heavy (non-hydrogen) atoms. The number of hydrogen-bond donors (Lipinski definition) is 1. The van der Waals surface area contributed by atoms with Crippen molar-refractivity contribution in [2.75, 3.05) is 6.61 Å². The Bertz CT molecular complexity index is 962. The number of hydrogen-bond acceptors (Lipinski definition) is 4. The highest BCUT2D eigenvalue weighted by molar-refractivity contribution is 5.77. The highest BCUT2D eigenvalue weighted by atomic mass is 16.5. The summed E-state index contributed by atoms with van der Waals surface area (Å²) in [6, 6.07) is 17.0. The molecule has 0 atom stereocenters. The van der Waals surface area contributed by atoms with Crippen LogP contribution < -0.4 is 5.56 Å². The number of carbonyl (C=O) groups is 1. The highest BCUT2D eigenvalue weighted by Crippen LogP contribution is 2.07. The molecule has 0 radical (unpaired) electrons. The van der Waals surface area contributed by atoms with Crippen molar-refractivity contribution in [3.05, 3.63) is 82.4 Å². The lowest BCUT2D eigenvalue weighted by Gasteiger charge is -2.04. The van der Waals surface area contributed by atoms with Crippen LogP contribution in [0.4, 0.5) is 0 Å². The fourth-order valence-corrected chi connectivity index (χ4v) is 2.62. The van der Waals surface area contributed by atoms with E-state index in [9.17, 15) is 9.59 Å². The number of aromatic nitrogens is 2. The molecule has 1 aromatic heterocycles. The van der Waals surface area contributed by atoms with E-state index < -0.39 is 0 Å². The zero-order chi connectivity index (χ0) is 18.2. The van der Waals surface area contributed by atoms with E-state index in [2.05, 4.69) is 9.97 Å².